The van der Waals surface area contributed by atoms with Gasteiger partial charge in [0.1, 0.15) is 0 Å². The van der Waals surface area contributed by atoms with Gasteiger partial charge in [0, 0.05) is 6.04 Å². The molecule has 1 aliphatic rings. The number of rotatable bonds is 5. The molecule has 0 aliphatic carbocycles. The summed E-state index contributed by atoms with van der Waals surface area (Å²) < 4.78 is 0. The van der Waals surface area contributed by atoms with Crippen LogP contribution in [0.5, 0.6) is 0 Å². The molecule has 1 atom stereocenters. The average molecular weight is 379 g/mol. The number of aromatic carboxylic acids is 1. The Morgan fingerprint density at radius 2 is 1.85 bits per heavy atom. The number of carbonyl (C=O) groups excluding carboxylic acids is 2. The Labute approximate surface area is 162 Å². The first-order valence-corrected chi connectivity index (χ1v) is 9.49. The zero-order valence-corrected chi connectivity index (χ0v) is 15.9. The van der Waals surface area contributed by atoms with E-state index in [0.717, 1.165) is 17.7 Å². The van der Waals surface area contributed by atoms with Crippen LogP contribution in [0.2, 0.25) is 0 Å². The summed E-state index contributed by atoms with van der Waals surface area (Å²) in [4.78, 5) is 30.7. The SMILES string of the molecule is CC[C@@H](C)N1C(=O)/C(=C\c2ccc(C(=O)[O-])cc2)SC1=Nc1ccccc1. The topological polar surface area (TPSA) is 72.8 Å². The highest BCUT2D eigenvalue weighted by Gasteiger charge is 2.36. The Morgan fingerprint density at radius 3 is 2.44 bits per heavy atom. The summed E-state index contributed by atoms with van der Waals surface area (Å²) in [5, 5.41) is 11.5. The molecule has 0 bridgehead atoms. The number of hydrogen-bond acceptors (Lipinski definition) is 5. The number of amidine groups is 1. The van der Waals surface area contributed by atoms with Crippen LogP contribution < -0.4 is 5.11 Å². The predicted octanol–water partition coefficient (Wildman–Crippen LogP) is 3.45. The van der Waals surface area contributed by atoms with Gasteiger partial charge in [0.25, 0.3) is 5.91 Å². The van der Waals surface area contributed by atoms with Crippen LogP contribution in [-0.4, -0.2) is 28.0 Å². The third-order valence-electron chi connectivity index (χ3n) is 4.29. The van der Waals surface area contributed by atoms with Gasteiger partial charge >= 0.3 is 0 Å². The van der Waals surface area contributed by atoms with Gasteiger partial charge in [0.15, 0.2) is 5.17 Å². The van der Waals surface area contributed by atoms with E-state index in [4.69, 9.17) is 0 Å². The number of benzene rings is 2. The van der Waals surface area contributed by atoms with Gasteiger partial charge in [-0.05, 0) is 54.4 Å². The maximum absolute atomic E-state index is 12.9. The van der Waals surface area contributed by atoms with Crippen molar-refractivity contribution < 1.29 is 14.7 Å². The first-order valence-electron chi connectivity index (χ1n) is 8.68. The smallest absolute Gasteiger partial charge is 0.266 e. The van der Waals surface area contributed by atoms with Crippen molar-refractivity contribution in [3.8, 4) is 0 Å². The standard InChI is InChI=1S/C21H20N2O3S/c1-3-14(2)23-19(24)18(13-15-9-11-16(12-10-15)20(25)26)27-21(23)22-17-7-5-4-6-8-17/h4-14H,3H2,1-2H3,(H,25,26)/p-1/b18-13+,22-21?/t14-/m1/s1. The maximum Gasteiger partial charge on any atom is 0.266 e. The molecule has 3 rings (SSSR count). The molecule has 1 amide bonds. The average Bonchev–Trinajstić information content (AvgIpc) is 2.97. The Bertz CT molecular complexity index is 905. The molecule has 0 radical (unpaired) electrons. The van der Waals surface area contributed by atoms with Crippen molar-refractivity contribution in [1.82, 2.24) is 4.90 Å². The summed E-state index contributed by atoms with van der Waals surface area (Å²) in [6, 6.07) is 15.8. The van der Waals surface area contributed by atoms with E-state index in [2.05, 4.69) is 4.99 Å². The zero-order valence-electron chi connectivity index (χ0n) is 15.1. The Balaban J connectivity index is 1.94. The summed E-state index contributed by atoms with van der Waals surface area (Å²) in [5.41, 5.74) is 1.65. The molecule has 2 aromatic carbocycles. The highest BCUT2D eigenvalue weighted by atomic mass is 32.2. The number of nitrogens with zero attached hydrogens (tertiary/aromatic N) is 2. The molecule has 1 heterocycles. The first kappa shape index (κ1) is 18.9. The normalized spacial score (nSPS) is 18.3. The molecule has 1 fully saturated rings. The maximum atomic E-state index is 12.9. The molecule has 0 N–H and O–H groups in total. The van der Waals surface area contributed by atoms with Crippen LogP contribution in [-0.2, 0) is 4.79 Å². The number of carboxylic acid groups (broad SMARTS) is 1. The van der Waals surface area contributed by atoms with Crippen LogP contribution in [0.15, 0.2) is 64.5 Å². The molecule has 138 valence electrons. The van der Waals surface area contributed by atoms with Crippen molar-refractivity contribution >= 4 is 40.6 Å². The fourth-order valence-electron chi connectivity index (χ4n) is 2.62. The zero-order chi connectivity index (χ0) is 19.4. The van der Waals surface area contributed by atoms with Crippen molar-refractivity contribution in [2.75, 3.05) is 0 Å². The Morgan fingerprint density at radius 1 is 1.19 bits per heavy atom. The van der Waals surface area contributed by atoms with Gasteiger partial charge in [0.2, 0.25) is 0 Å². The predicted molar refractivity (Wildman–Crippen MR) is 106 cm³/mol. The number of carbonyl (C=O) groups is 2. The highest BCUT2D eigenvalue weighted by molar-refractivity contribution is 8.18. The lowest BCUT2D eigenvalue weighted by Crippen LogP contribution is -2.36. The molecule has 27 heavy (non-hydrogen) atoms. The van der Waals surface area contributed by atoms with Crippen LogP contribution in [0.3, 0.4) is 0 Å². The van der Waals surface area contributed by atoms with E-state index in [-0.39, 0.29) is 17.5 Å². The molecule has 0 spiro atoms. The first-order chi connectivity index (χ1) is 13.0. The van der Waals surface area contributed by atoms with Gasteiger partial charge in [-0.15, -0.1) is 0 Å². The second-order valence-corrected chi connectivity index (χ2v) is 7.19. The highest BCUT2D eigenvalue weighted by Crippen LogP contribution is 2.35. The van der Waals surface area contributed by atoms with Gasteiger partial charge in [-0.1, -0.05) is 49.4 Å². The van der Waals surface area contributed by atoms with Crippen molar-refractivity contribution in [2.45, 2.75) is 26.3 Å². The fourth-order valence-corrected chi connectivity index (χ4v) is 3.71. The minimum atomic E-state index is -1.22. The Kier molecular flexibility index (Phi) is 5.76. The van der Waals surface area contributed by atoms with E-state index in [1.54, 1.807) is 23.1 Å². The molecule has 0 unspecified atom stereocenters. The molecule has 1 aliphatic heterocycles. The number of para-hydroxylation sites is 1. The van der Waals surface area contributed by atoms with Crippen molar-refractivity contribution in [2.24, 2.45) is 4.99 Å². The summed E-state index contributed by atoms with van der Waals surface area (Å²) in [5.74, 6) is -1.31. The third kappa shape index (κ3) is 4.28. The molecule has 2 aromatic rings. The van der Waals surface area contributed by atoms with Crippen LogP contribution in [0.4, 0.5) is 5.69 Å². The van der Waals surface area contributed by atoms with Gasteiger partial charge in [-0.25, -0.2) is 4.99 Å². The minimum absolute atomic E-state index is 0.0267. The molecule has 0 saturated carbocycles. The second kappa shape index (κ2) is 8.22. The number of carboxylic acids is 1. The Hall–Kier alpha value is -2.86. The lowest BCUT2D eigenvalue weighted by Gasteiger charge is -2.22. The molecular formula is C21H19N2O3S-. The van der Waals surface area contributed by atoms with Crippen LogP contribution in [0.1, 0.15) is 36.2 Å². The van der Waals surface area contributed by atoms with Gasteiger partial charge in [0.05, 0.1) is 16.6 Å². The molecule has 1 saturated heterocycles. The van der Waals surface area contributed by atoms with Crippen molar-refractivity contribution in [3.05, 3.63) is 70.6 Å². The second-order valence-electron chi connectivity index (χ2n) is 6.18. The lowest BCUT2D eigenvalue weighted by molar-refractivity contribution is -0.255. The lowest BCUT2D eigenvalue weighted by atomic mass is 10.1. The number of hydrogen-bond donors (Lipinski definition) is 0. The largest absolute Gasteiger partial charge is 0.545 e. The van der Waals surface area contributed by atoms with Crippen LogP contribution in [0.25, 0.3) is 6.08 Å². The van der Waals surface area contributed by atoms with Crippen LogP contribution >= 0.6 is 11.8 Å². The van der Waals surface area contributed by atoms with E-state index in [9.17, 15) is 14.7 Å². The molecule has 0 aromatic heterocycles. The van der Waals surface area contributed by atoms with E-state index in [0.29, 0.717) is 10.1 Å². The summed E-state index contributed by atoms with van der Waals surface area (Å²) in [6.07, 6.45) is 2.57. The molecule has 5 nitrogen and oxygen atoms in total. The summed E-state index contributed by atoms with van der Waals surface area (Å²) in [6.45, 7) is 4.03. The van der Waals surface area contributed by atoms with Gasteiger partial charge in [-0.3, -0.25) is 9.69 Å². The van der Waals surface area contributed by atoms with E-state index >= 15 is 0 Å². The molecule has 6 heteroatoms. The van der Waals surface area contributed by atoms with Crippen LogP contribution in [0, 0.1) is 0 Å². The monoisotopic (exact) mass is 379 g/mol. The third-order valence-corrected chi connectivity index (χ3v) is 5.28. The summed E-state index contributed by atoms with van der Waals surface area (Å²) >= 11 is 1.33. The fraction of sp³-hybridized carbons (Fsp3) is 0.190. The van der Waals surface area contributed by atoms with Gasteiger partial charge < -0.3 is 9.90 Å². The van der Waals surface area contributed by atoms with E-state index < -0.39 is 5.97 Å². The van der Waals surface area contributed by atoms with Crippen molar-refractivity contribution in [3.63, 3.8) is 0 Å². The minimum Gasteiger partial charge on any atom is -0.545 e. The number of amides is 1. The van der Waals surface area contributed by atoms with E-state index in [1.807, 2.05) is 44.2 Å². The van der Waals surface area contributed by atoms with Gasteiger partial charge in [-0.2, -0.15) is 0 Å². The van der Waals surface area contributed by atoms with E-state index in [1.165, 1.54) is 23.9 Å². The molecular weight excluding hydrogens is 360 g/mol. The number of thioether (sulfide) groups is 1. The summed E-state index contributed by atoms with van der Waals surface area (Å²) in [7, 11) is 0. The quantitative estimate of drug-likeness (QED) is 0.746. The van der Waals surface area contributed by atoms with Crippen molar-refractivity contribution in [1.29, 1.82) is 0 Å². The number of aliphatic imine (C=N–C) groups is 1.